The number of esters is 1. The van der Waals surface area contributed by atoms with Crippen LogP contribution in [0.3, 0.4) is 0 Å². The third-order valence-electron chi connectivity index (χ3n) is 2.42. The van der Waals surface area contributed by atoms with E-state index in [1.165, 1.54) is 12.7 Å². The molecule has 0 N–H and O–H groups in total. The van der Waals surface area contributed by atoms with Crippen LogP contribution in [0.1, 0.15) is 29.8 Å². The summed E-state index contributed by atoms with van der Waals surface area (Å²) in [4.78, 5) is 11.2. The second-order valence-corrected chi connectivity index (χ2v) is 4.65. The number of halogens is 1. The summed E-state index contributed by atoms with van der Waals surface area (Å²) in [5, 5.41) is 0.886. The Morgan fingerprint density at radius 3 is 2.27 bits per heavy atom. The zero-order valence-electron chi connectivity index (χ0n) is 9.21. The Kier molecular flexibility index (Phi) is 3.91. The van der Waals surface area contributed by atoms with Crippen LogP contribution in [0.5, 0.6) is 0 Å². The minimum Gasteiger partial charge on any atom is -0.465 e. The molecule has 0 spiro atoms. The second-order valence-electron chi connectivity index (χ2n) is 4.09. The molecule has 0 radical (unpaired) electrons. The van der Waals surface area contributed by atoms with Crippen molar-refractivity contribution in [2.45, 2.75) is 19.3 Å². The van der Waals surface area contributed by atoms with Gasteiger partial charge in [0, 0.05) is 5.33 Å². The zero-order valence-corrected chi connectivity index (χ0v) is 10.8. The lowest BCUT2D eigenvalue weighted by atomic mass is 9.86. The Morgan fingerprint density at radius 1 is 1.33 bits per heavy atom. The van der Waals surface area contributed by atoms with Crippen LogP contribution in [0.4, 0.5) is 0 Å². The molecule has 3 heteroatoms. The van der Waals surface area contributed by atoms with Crippen molar-refractivity contribution in [2.75, 3.05) is 12.4 Å². The smallest absolute Gasteiger partial charge is 0.337 e. The number of ether oxygens (including phenoxy) is 1. The van der Waals surface area contributed by atoms with Crippen molar-refractivity contribution in [3.8, 4) is 0 Å². The molecule has 1 rings (SSSR count). The highest BCUT2D eigenvalue weighted by Crippen LogP contribution is 2.25. The van der Waals surface area contributed by atoms with Gasteiger partial charge in [-0.05, 0) is 23.1 Å². The normalized spacial score (nSPS) is 11.2. The predicted octanol–water partition coefficient (Wildman–Crippen LogP) is 3.15. The van der Waals surface area contributed by atoms with Gasteiger partial charge in [0.1, 0.15) is 0 Å². The Balaban J connectivity index is 2.95. The molecule has 0 unspecified atom stereocenters. The van der Waals surface area contributed by atoms with Crippen molar-refractivity contribution >= 4 is 21.9 Å². The van der Waals surface area contributed by atoms with Crippen molar-refractivity contribution in [3.05, 3.63) is 35.4 Å². The monoisotopic (exact) mass is 270 g/mol. The average molecular weight is 271 g/mol. The number of hydrogen-bond acceptors (Lipinski definition) is 2. The lowest BCUT2D eigenvalue weighted by Gasteiger charge is -2.22. The van der Waals surface area contributed by atoms with Crippen LogP contribution in [0, 0.1) is 0 Å². The maximum absolute atomic E-state index is 11.2. The Bertz CT molecular complexity index is 341. The molecule has 2 nitrogen and oxygen atoms in total. The van der Waals surface area contributed by atoms with Gasteiger partial charge < -0.3 is 4.74 Å². The summed E-state index contributed by atoms with van der Waals surface area (Å²) in [5.41, 5.74) is 1.87. The van der Waals surface area contributed by atoms with E-state index in [4.69, 9.17) is 0 Å². The first-order valence-corrected chi connectivity index (χ1v) is 5.88. The summed E-state index contributed by atoms with van der Waals surface area (Å²) >= 11 is 3.48. The van der Waals surface area contributed by atoms with Crippen molar-refractivity contribution in [2.24, 2.45) is 0 Å². The molecule has 0 saturated carbocycles. The number of alkyl halides is 1. The van der Waals surface area contributed by atoms with E-state index in [0.29, 0.717) is 5.56 Å². The van der Waals surface area contributed by atoms with Crippen molar-refractivity contribution < 1.29 is 9.53 Å². The highest BCUT2D eigenvalue weighted by atomic mass is 79.9. The standard InChI is InChI=1S/C12H15BrO2/c1-12(2,8-13)10-6-4-9(5-7-10)11(14)15-3/h4-7H,8H2,1-3H3. The molecule has 1 aromatic rings. The van der Waals surface area contributed by atoms with Crippen LogP contribution in [-0.2, 0) is 10.2 Å². The SMILES string of the molecule is COC(=O)c1ccc(C(C)(C)CBr)cc1. The topological polar surface area (TPSA) is 26.3 Å². The Labute approximate surface area is 98.8 Å². The van der Waals surface area contributed by atoms with Crippen molar-refractivity contribution in [3.63, 3.8) is 0 Å². The van der Waals surface area contributed by atoms with E-state index in [1.807, 2.05) is 12.1 Å². The van der Waals surface area contributed by atoms with E-state index in [-0.39, 0.29) is 11.4 Å². The van der Waals surface area contributed by atoms with Crippen LogP contribution < -0.4 is 0 Å². The third-order valence-corrected chi connectivity index (χ3v) is 3.82. The molecule has 0 aliphatic heterocycles. The molecular weight excluding hydrogens is 256 g/mol. The molecule has 0 atom stereocenters. The van der Waals surface area contributed by atoms with Gasteiger partial charge in [0.2, 0.25) is 0 Å². The van der Waals surface area contributed by atoms with E-state index in [9.17, 15) is 4.79 Å². The fourth-order valence-corrected chi connectivity index (χ4v) is 1.58. The van der Waals surface area contributed by atoms with Crippen molar-refractivity contribution in [1.29, 1.82) is 0 Å². The van der Waals surface area contributed by atoms with Crippen LogP contribution in [0.2, 0.25) is 0 Å². The number of rotatable bonds is 3. The molecule has 0 heterocycles. The molecule has 15 heavy (non-hydrogen) atoms. The number of carbonyl (C=O) groups is 1. The number of hydrogen-bond donors (Lipinski definition) is 0. The maximum Gasteiger partial charge on any atom is 0.337 e. The number of benzene rings is 1. The largest absolute Gasteiger partial charge is 0.465 e. The summed E-state index contributed by atoms with van der Waals surface area (Å²) in [7, 11) is 1.39. The quantitative estimate of drug-likeness (QED) is 0.623. The summed E-state index contributed by atoms with van der Waals surface area (Å²) in [6, 6.07) is 7.53. The van der Waals surface area contributed by atoms with Crippen molar-refractivity contribution in [1.82, 2.24) is 0 Å². The summed E-state index contributed by atoms with van der Waals surface area (Å²) in [6.07, 6.45) is 0. The molecule has 0 fully saturated rings. The van der Waals surface area contributed by atoms with Gasteiger partial charge in [-0.25, -0.2) is 4.79 Å². The average Bonchev–Trinajstić information content (AvgIpc) is 2.28. The number of carbonyl (C=O) groups excluding carboxylic acids is 1. The van der Waals surface area contributed by atoms with Gasteiger partial charge in [0.05, 0.1) is 12.7 Å². The first kappa shape index (κ1) is 12.2. The third kappa shape index (κ3) is 2.81. The zero-order chi connectivity index (χ0) is 11.5. The van der Waals surface area contributed by atoms with Gasteiger partial charge in [-0.1, -0.05) is 41.9 Å². The molecule has 0 amide bonds. The summed E-state index contributed by atoms with van der Waals surface area (Å²) in [5.74, 6) is -0.293. The van der Waals surface area contributed by atoms with Gasteiger partial charge in [-0.15, -0.1) is 0 Å². The highest BCUT2D eigenvalue weighted by molar-refractivity contribution is 9.09. The van der Waals surface area contributed by atoms with Gasteiger partial charge in [0.25, 0.3) is 0 Å². The van der Waals surface area contributed by atoms with Gasteiger partial charge in [-0.2, -0.15) is 0 Å². The van der Waals surface area contributed by atoms with Crippen LogP contribution in [-0.4, -0.2) is 18.4 Å². The van der Waals surface area contributed by atoms with E-state index < -0.39 is 0 Å². The van der Waals surface area contributed by atoms with Gasteiger partial charge >= 0.3 is 5.97 Å². The van der Waals surface area contributed by atoms with E-state index in [1.54, 1.807) is 12.1 Å². The fraction of sp³-hybridized carbons (Fsp3) is 0.417. The predicted molar refractivity (Wildman–Crippen MR) is 64.6 cm³/mol. The molecular formula is C12H15BrO2. The first-order valence-electron chi connectivity index (χ1n) is 4.76. The molecule has 0 saturated heterocycles. The lowest BCUT2D eigenvalue weighted by Crippen LogP contribution is -2.18. The summed E-state index contributed by atoms with van der Waals surface area (Å²) in [6.45, 7) is 4.30. The van der Waals surface area contributed by atoms with Gasteiger partial charge in [-0.3, -0.25) is 0 Å². The van der Waals surface area contributed by atoms with Crippen LogP contribution in [0.25, 0.3) is 0 Å². The Hall–Kier alpha value is -0.830. The van der Waals surface area contributed by atoms with Crippen LogP contribution >= 0.6 is 15.9 Å². The highest BCUT2D eigenvalue weighted by Gasteiger charge is 2.19. The first-order chi connectivity index (χ1) is 7.01. The maximum atomic E-state index is 11.2. The molecule has 1 aromatic carbocycles. The summed E-state index contributed by atoms with van der Waals surface area (Å²) < 4.78 is 4.64. The lowest BCUT2D eigenvalue weighted by molar-refractivity contribution is 0.0600. The molecule has 0 bridgehead atoms. The molecule has 0 aliphatic carbocycles. The molecule has 0 aliphatic rings. The fourth-order valence-electron chi connectivity index (χ4n) is 1.25. The molecule has 82 valence electrons. The van der Waals surface area contributed by atoms with E-state index in [0.717, 1.165) is 5.33 Å². The molecule has 0 aromatic heterocycles. The Morgan fingerprint density at radius 2 is 1.87 bits per heavy atom. The minimum absolute atomic E-state index is 0.0780. The van der Waals surface area contributed by atoms with Crippen LogP contribution in [0.15, 0.2) is 24.3 Å². The van der Waals surface area contributed by atoms with E-state index in [2.05, 4.69) is 34.5 Å². The van der Waals surface area contributed by atoms with Gasteiger partial charge in [0.15, 0.2) is 0 Å². The minimum atomic E-state index is -0.293. The number of methoxy groups -OCH3 is 1. The van der Waals surface area contributed by atoms with E-state index >= 15 is 0 Å². The second kappa shape index (κ2) is 4.79.